The van der Waals surface area contributed by atoms with Crippen molar-refractivity contribution in [2.45, 2.75) is 23.9 Å². The van der Waals surface area contributed by atoms with Gasteiger partial charge in [0.05, 0.1) is 28.3 Å². The fraction of sp³-hybridized carbons (Fsp3) is 0.263. The minimum Gasteiger partial charge on any atom is -0.494 e. The number of hydrogen-bond donors (Lipinski definition) is 3. The predicted molar refractivity (Wildman–Crippen MR) is 114 cm³/mol. The monoisotopic (exact) mass is 434 g/mol. The summed E-state index contributed by atoms with van der Waals surface area (Å²) in [5.41, 5.74) is 2.64. The van der Waals surface area contributed by atoms with Crippen LogP contribution in [0.5, 0.6) is 5.75 Å². The highest BCUT2D eigenvalue weighted by atomic mass is 32.2. The second kappa shape index (κ2) is 8.85. The number of aromatic nitrogens is 2. The normalized spacial score (nSPS) is 11.6. The average Bonchev–Trinajstić information content (AvgIpc) is 3.10. The minimum atomic E-state index is -3.60. The number of H-pyrrole nitrogens is 1. The maximum Gasteiger partial charge on any atom is 0.240 e. The van der Waals surface area contributed by atoms with E-state index in [4.69, 9.17) is 4.74 Å². The zero-order valence-electron chi connectivity index (χ0n) is 16.3. The molecule has 3 aromatic rings. The van der Waals surface area contributed by atoms with Gasteiger partial charge in [0.15, 0.2) is 5.16 Å². The first kappa shape index (κ1) is 21.2. The van der Waals surface area contributed by atoms with Crippen LogP contribution in [0, 0.1) is 6.92 Å². The highest BCUT2D eigenvalue weighted by Crippen LogP contribution is 2.24. The Bertz CT molecular complexity index is 1140. The number of carbonyl (C=O) groups excluding carboxylic acids is 1. The van der Waals surface area contributed by atoms with Crippen LogP contribution < -0.4 is 14.8 Å². The number of hydrogen-bond acceptors (Lipinski definition) is 6. The van der Waals surface area contributed by atoms with Crippen molar-refractivity contribution in [3.05, 3.63) is 42.0 Å². The van der Waals surface area contributed by atoms with Gasteiger partial charge in [-0.2, -0.15) is 0 Å². The summed E-state index contributed by atoms with van der Waals surface area (Å²) in [6.45, 7) is 4.20. The van der Waals surface area contributed by atoms with Crippen LogP contribution in [-0.4, -0.2) is 43.7 Å². The maximum atomic E-state index is 12.3. The van der Waals surface area contributed by atoms with Crippen LogP contribution in [0.25, 0.3) is 11.0 Å². The van der Waals surface area contributed by atoms with Gasteiger partial charge in [0.2, 0.25) is 15.9 Å². The van der Waals surface area contributed by atoms with E-state index in [1.165, 1.54) is 24.9 Å². The Labute approximate surface area is 173 Å². The van der Waals surface area contributed by atoms with Crippen molar-refractivity contribution in [2.24, 2.45) is 0 Å². The van der Waals surface area contributed by atoms with Gasteiger partial charge in [-0.15, -0.1) is 0 Å². The van der Waals surface area contributed by atoms with Crippen molar-refractivity contribution in [1.82, 2.24) is 14.7 Å². The summed E-state index contributed by atoms with van der Waals surface area (Å²) in [5, 5.41) is 3.34. The van der Waals surface area contributed by atoms with Crippen LogP contribution in [0.4, 0.5) is 5.69 Å². The molecule has 3 rings (SSSR count). The Balaban J connectivity index is 1.66. The third kappa shape index (κ3) is 5.08. The highest BCUT2D eigenvalue weighted by Gasteiger charge is 2.16. The van der Waals surface area contributed by atoms with Gasteiger partial charge in [-0.25, -0.2) is 18.1 Å². The lowest BCUT2D eigenvalue weighted by Crippen LogP contribution is -2.20. The van der Waals surface area contributed by atoms with E-state index in [0.717, 1.165) is 16.8 Å². The number of aryl methyl sites for hydroxylation is 1. The summed E-state index contributed by atoms with van der Waals surface area (Å²) in [7, 11) is -2.25. The van der Waals surface area contributed by atoms with Crippen molar-refractivity contribution >= 4 is 44.4 Å². The molecule has 10 heteroatoms. The molecule has 154 valence electrons. The van der Waals surface area contributed by atoms with Crippen LogP contribution >= 0.6 is 11.8 Å². The van der Waals surface area contributed by atoms with E-state index in [0.29, 0.717) is 23.0 Å². The summed E-state index contributed by atoms with van der Waals surface area (Å²) >= 11 is 1.26. The van der Waals surface area contributed by atoms with Crippen molar-refractivity contribution < 1.29 is 17.9 Å². The number of rotatable bonds is 8. The number of thioether (sulfide) groups is 1. The summed E-state index contributed by atoms with van der Waals surface area (Å²) in [6, 6.07) is 10.3. The second-order valence-corrected chi connectivity index (χ2v) is 9.00. The molecule has 0 aliphatic carbocycles. The Hall–Kier alpha value is -2.56. The first-order valence-electron chi connectivity index (χ1n) is 8.92. The molecular weight excluding hydrogens is 412 g/mol. The largest absolute Gasteiger partial charge is 0.494 e. The maximum absolute atomic E-state index is 12.3. The molecule has 0 spiro atoms. The number of imidazole rings is 1. The van der Waals surface area contributed by atoms with Gasteiger partial charge in [0.25, 0.3) is 0 Å². The van der Waals surface area contributed by atoms with Crippen LogP contribution in [-0.2, 0) is 14.8 Å². The SMILES string of the molecule is CCOc1ccc2nc(SCC(=O)Nc3ccc(C)c(S(=O)(=O)NC)c3)[nH]c2c1. The number of anilines is 1. The smallest absolute Gasteiger partial charge is 0.240 e. The first-order chi connectivity index (χ1) is 13.8. The topological polar surface area (TPSA) is 113 Å². The van der Waals surface area contributed by atoms with E-state index in [2.05, 4.69) is 20.0 Å². The quantitative estimate of drug-likeness (QED) is 0.470. The molecule has 8 nitrogen and oxygen atoms in total. The second-order valence-electron chi connectivity index (χ2n) is 6.18. The van der Waals surface area contributed by atoms with E-state index < -0.39 is 10.0 Å². The molecule has 0 unspecified atom stereocenters. The molecule has 1 amide bonds. The van der Waals surface area contributed by atoms with Gasteiger partial charge in [-0.3, -0.25) is 4.79 Å². The molecular formula is C19H22N4O4S2. The fourth-order valence-electron chi connectivity index (χ4n) is 2.70. The molecule has 1 aromatic heterocycles. The predicted octanol–water partition coefficient (Wildman–Crippen LogP) is 2.91. The summed E-state index contributed by atoms with van der Waals surface area (Å²) in [6.07, 6.45) is 0. The van der Waals surface area contributed by atoms with Gasteiger partial charge in [0, 0.05) is 11.8 Å². The number of aromatic amines is 1. The molecule has 2 aromatic carbocycles. The number of fused-ring (bicyclic) bond motifs is 1. The van der Waals surface area contributed by atoms with Crippen LogP contribution in [0.1, 0.15) is 12.5 Å². The molecule has 0 saturated heterocycles. The van der Waals surface area contributed by atoms with Gasteiger partial charge in [0.1, 0.15) is 5.75 Å². The highest BCUT2D eigenvalue weighted by molar-refractivity contribution is 7.99. The van der Waals surface area contributed by atoms with E-state index in [1.807, 2.05) is 25.1 Å². The Morgan fingerprint density at radius 3 is 2.76 bits per heavy atom. The molecule has 3 N–H and O–H groups in total. The Kier molecular flexibility index (Phi) is 6.46. The van der Waals surface area contributed by atoms with Gasteiger partial charge >= 0.3 is 0 Å². The number of carbonyl (C=O) groups is 1. The van der Waals surface area contributed by atoms with Crippen LogP contribution in [0.2, 0.25) is 0 Å². The fourth-order valence-corrected chi connectivity index (χ4v) is 4.38. The zero-order valence-corrected chi connectivity index (χ0v) is 17.9. The molecule has 0 radical (unpaired) electrons. The lowest BCUT2D eigenvalue weighted by atomic mass is 10.2. The Morgan fingerprint density at radius 1 is 1.24 bits per heavy atom. The van der Waals surface area contributed by atoms with Crippen molar-refractivity contribution in [1.29, 1.82) is 0 Å². The summed E-state index contributed by atoms with van der Waals surface area (Å²) in [5.74, 6) is 0.617. The van der Waals surface area contributed by atoms with Crippen LogP contribution in [0.15, 0.2) is 46.5 Å². The molecule has 0 bridgehead atoms. The average molecular weight is 435 g/mol. The third-order valence-corrected chi connectivity index (χ3v) is 6.54. The molecule has 0 aliphatic rings. The Morgan fingerprint density at radius 2 is 2.03 bits per heavy atom. The van der Waals surface area contributed by atoms with E-state index in [-0.39, 0.29) is 16.6 Å². The lowest BCUT2D eigenvalue weighted by molar-refractivity contribution is -0.113. The number of ether oxygens (including phenoxy) is 1. The van der Waals surface area contributed by atoms with Gasteiger partial charge in [-0.1, -0.05) is 17.8 Å². The molecule has 0 aliphatic heterocycles. The van der Waals surface area contributed by atoms with Gasteiger partial charge < -0.3 is 15.0 Å². The standard InChI is InChI=1S/C19H22N4O4S2/c1-4-27-14-7-8-15-16(10-14)23-19(22-15)28-11-18(24)21-13-6-5-12(2)17(9-13)29(25,26)20-3/h5-10,20H,4,11H2,1-3H3,(H,21,24)(H,22,23). The number of sulfonamides is 1. The summed E-state index contributed by atoms with van der Waals surface area (Å²) in [4.78, 5) is 20.0. The zero-order chi connectivity index (χ0) is 21.0. The first-order valence-corrected chi connectivity index (χ1v) is 11.4. The van der Waals surface area contributed by atoms with Crippen molar-refractivity contribution in [3.8, 4) is 5.75 Å². The number of nitrogens with one attached hydrogen (secondary N) is 3. The van der Waals surface area contributed by atoms with E-state index in [9.17, 15) is 13.2 Å². The number of nitrogens with zero attached hydrogens (tertiary/aromatic N) is 1. The summed E-state index contributed by atoms with van der Waals surface area (Å²) < 4.78 is 31.9. The minimum absolute atomic E-state index is 0.125. The molecule has 0 saturated carbocycles. The van der Waals surface area contributed by atoms with Gasteiger partial charge in [-0.05, 0) is 50.7 Å². The van der Waals surface area contributed by atoms with Crippen molar-refractivity contribution in [2.75, 3.05) is 24.7 Å². The number of amides is 1. The molecule has 0 fully saturated rings. The molecule has 29 heavy (non-hydrogen) atoms. The third-order valence-electron chi connectivity index (χ3n) is 4.11. The molecule has 1 heterocycles. The number of benzene rings is 2. The van der Waals surface area contributed by atoms with E-state index in [1.54, 1.807) is 19.1 Å². The molecule has 0 atom stereocenters. The van der Waals surface area contributed by atoms with Crippen molar-refractivity contribution in [3.63, 3.8) is 0 Å². The van der Waals surface area contributed by atoms with Crippen LogP contribution in [0.3, 0.4) is 0 Å². The lowest BCUT2D eigenvalue weighted by Gasteiger charge is -2.10. The van der Waals surface area contributed by atoms with E-state index >= 15 is 0 Å².